The summed E-state index contributed by atoms with van der Waals surface area (Å²) in [6.07, 6.45) is 1.36. The molecular formula is C17H12Cl2N6O4. The second-order valence-corrected chi connectivity index (χ2v) is 6.56. The van der Waals surface area contributed by atoms with Crippen LogP contribution in [-0.2, 0) is 0 Å². The van der Waals surface area contributed by atoms with Gasteiger partial charge >= 0.3 is 5.69 Å². The molecule has 0 spiro atoms. The smallest absolute Gasteiger partial charge is 0.272 e. The number of non-ortho nitro benzene ring substituents is 1. The van der Waals surface area contributed by atoms with Crippen molar-refractivity contribution in [2.75, 3.05) is 5.43 Å². The number of rotatable bonds is 6. The Labute approximate surface area is 173 Å². The van der Waals surface area contributed by atoms with Crippen LogP contribution < -0.4 is 5.43 Å². The molecule has 0 amide bonds. The van der Waals surface area contributed by atoms with Crippen molar-refractivity contribution in [3.05, 3.63) is 84.1 Å². The van der Waals surface area contributed by atoms with Crippen molar-refractivity contribution in [1.82, 2.24) is 9.78 Å². The molecule has 0 radical (unpaired) electrons. The van der Waals surface area contributed by atoms with Crippen LogP contribution in [0, 0.1) is 27.2 Å². The van der Waals surface area contributed by atoms with Gasteiger partial charge in [0.15, 0.2) is 0 Å². The van der Waals surface area contributed by atoms with Crippen LogP contribution in [0.3, 0.4) is 0 Å². The van der Waals surface area contributed by atoms with E-state index in [0.29, 0.717) is 22.0 Å². The third-order valence-electron chi connectivity index (χ3n) is 3.87. The monoisotopic (exact) mass is 434 g/mol. The Bertz CT molecular complexity index is 1140. The highest BCUT2D eigenvalue weighted by Gasteiger charge is 2.19. The zero-order valence-corrected chi connectivity index (χ0v) is 16.3. The highest BCUT2D eigenvalue weighted by Crippen LogP contribution is 2.29. The molecule has 29 heavy (non-hydrogen) atoms. The number of hydrogen-bond acceptors (Lipinski definition) is 7. The molecule has 0 aliphatic carbocycles. The summed E-state index contributed by atoms with van der Waals surface area (Å²) in [4.78, 5) is 20.5. The van der Waals surface area contributed by atoms with Gasteiger partial charge < -0.3 is 0 Å². The van der Waals surface area contributed by atoms with E-state index in [-0.39, 0.29) is 10.8 Å². The third-order valence-corrected chi connectivity index (χ3v) is 4.47. The Kier molecular flexibility index (Phi) is 5.76. The number of nitrogens with zero attached hydrogens (tertiary/aromatic N) is 5. The van der Waals surface area contributed by atoms with E-state index in [2.05, 4.69) is 15.6 Å². The molecule has 0 unspecified atom stereocenters. The maximum atomic E-state index is 11.2. The van der Waals surface area contributed by atoms with Crippen molar-refractivity contribution in [3.63, 3.8) is 0 Å². The molecule has 1 heterocycles. The first-order chi connectivity index (χ1) is 13.8. The number of aryl methyl sites for hydroxylation is 1. The standard InChI is InChI=1S/C17H12Cl2N6O4/c1-10-14(17(19)23(22-10)12-4-2-3-11(18)7-12)9-20-21-15-6-5-13(24(26)27)8-16(15)25(28)29/h2-9,21H,1H3. The summed E-state index contributed by atoms with van der Waals surface area (Å²) in [7, 11) is 0. The van der Waals surface area contributed by atoms with E-state index in [1.807, 2.05) is 0 Å². The average Bonchev–Trinajstić information content (AvgIpc) is 2.96. The fourth-order valence-corrected chi connectivity index (χ4v) is 2.99. The zero-order chi connectivity index (χ0) is 21.1. The van der Waals surface area contributed by atoms with E-state index in [9.17, 15) is 20.2 Å². The van der Waals surface area contributed by atoms with Crippen LogP contribution >= 0.6 is 23.2 Å². The average molecular weight is 435 g/mol. The van der Waals surface area contributed by atoms with E-state index >= 15 is 0 Å². The first-order valence-corrected chi connectivity index (χ1v) is 8.76. The Morgan fingerprint density at radius 3 is 2.55 bits per heavy atom. The van der Waals surface area contributed by atoms with Gasteiger partial charge in [-0.05, 0) is 31.2 Å². The molecule has 3 aromatic rings. The fraction of sp³-hybridized carbons (Fsp3) is 0.0588. The SMILES string of the molecule is Cc1nn(-c2cccc(Cl)c2)c(Cl)c1C=NNc1ccc([N+](=O)[O-])cc1[N+](=O)[O-]. The topological polar surface area (TPSA) is 128 Å². The molecule has 0 aliphatic heterocycles. The highest BCUT2D eigenvalue weighted by molar-refractivity contribution is 6.32. The molecule has 2 aromatic carbocycles. The first-order valence-electron chi connectivity index (χ1n) is 8.01. The molecule has 10 nitrogen and oxygen atoms in total. The molecule has 12 heteroatoms. The number of halogens is 2. The van der Waals surface area contributed by atoms with Crippen molar-refractivity contribution in [1.29, 1.82) is 0 Å². The van der Waals surface area contributed by atoms with Crippen LogP contribution in [0.25, 0.3) is 5.69 Å². The lowest BCUT2D eigenvalue weighted by molar-refractivity contribution is -0.393. The number of aromatic nitrogens is 2. The Hall–Kier alpha value is -3.50. The molecule has 1 aromatic heterocycles. The van der Waals surface area contributed by atoms with Gasteiger partial charge in [0.1, 0.15) is 10.8 Å². The van der Waals surface area contributed by atoms with Gasteiger partial charge in [0.2, 0.25) is 0 Å². The number of nitro benzene ring substituents is 2. The second-order valence-electron chi connectivity index (χ2n) is 5.77. The number of nitrogens with one attached hydrogen (secondary N) is 1. The molecule has 3 rings (SSSR count). The van der Waals surface area contributed by atoms with E-state index in [1.165, 1.54) is 17.0 Å². The molecule has 0 atom stereocenters. The van der Waals surface area contributed by atoms with Gasteiger partial charge in [0.25, 0.3) is 5.69 Å². The van der Waals surface area contributed by atoms with Gasteiger partial charge in [-0.2, -0.15) is 10.2 Å². The molecular weight excluding hydrogens is 423 g/mol. The van der Waals surface area contributed by atoms with Crippen LogP contribution in [0.2, 0.25) is 10.2 Å². The molecule has 148 valence electrons. The molecule has 0 saturated heterocycles. The predicted octanol–water partition coefficient (Wildman–Crippen LogP) is 4.75. The molecule has 1 N–H and O–H groups in total. The molecule has 0 bridgehead atoms. The van der Waals surface area contributed by atoms with Crippen molar-refractivity contribution in [2.45, 2.75) is 6.92 Å². The van der Waals surface area contributed by atoms with Crippen LogP contribution in [0.4, 0.5) is 17.1 Å². The Morgan fingerprint density at radius 2 is 1.90 bits per heavy atom. The zero-order valence-electron chi connectivity index (χ0n) is 14.7. The van der Waals surface area contributed by atoms with E-state index in [0.717, 1.165) is 12.1 Å². The number of anilines is 1. The predicted molar refractivity (Wildman–Crippen MR) is 109 cm³/mol. The van der Waals surface area contributed by atoms with Crippen LogP contribution in [-0.4, -0.2) is 25.8 Å². The van der Waals surface area contributed by atoms with Crippen LogP contribution in [0.5, 0.6) is 0 Å². The van der Waals surface area contributed by atoms with E-state index < -0.39 is 21.2 Å². The number of hydrogen-bond donors (Lipinski definition) is 1. The van der Waals surface area contributed by atoms with Gasteiger partial charge in [0, 0.05) is 11.1 Å². The first kappa shape index (κ1) is 20.2. The van der Waals surface area contributed by atoms with E-state index in [4.69, 9.17) is 23.2 Å². The molecule has 0 fully saturated rings. The summed E-state index contributed by atoms with van der Waals surface area (Å²) in [6, 6.07) is 10.2. The lowest BCUT2D eigenvalue weighted by atomic mass is 10.2. The highest BCUT2D eigenvalue weighted by atomic mass is 35.5. The maximum Gasteiger partial charge on any atom is 0.301 e. The summed E-state index contributed by atoms with van der Waals surface area (Å²) in [5.74, 6) is 0. The van der Waals surface area contributed by atoms with Gasteiger partial charge in [-0.25, -0.2) is 4.68 Å². The normalized spacial score (nSPS) is 11.0. The minimum absolute atomic E-state index is 0.00661. The minimum atomic E-state index is -0.736. The Balaban J connectivity index is 1.88. The summed E-state index contributed by atoms with van der Waals surface area (Å²) in [5, 5.41) is 31.1. The largest absolute Gasteiger partial charge is 0.301 e. The quantitative estimate of drug-likeness (QED) is 0.338. The van der Waals surface area contributed by atoms with Crippen molar-refractivity contribution < 1.29 is 9.85 Å². The van der Waals surface area contributed by atoms with Gasteiger partial charge in [-0.3, -0.25) is 25.7 Å². The summed E-state index contributed by atoms with van der Waals surface area (Å²) in [5.41, 5.74) is 3.34. The molecule has 0 aliphatic rings. The van der Waals surface area contributed by atoms with Crippen molar-refractivity contribution >= 4 is 46.5 Å². The third kappa shape index (κ3) is 4.33. The lowest BCUT2D eigenvalue weighted by Crippen LogP contribution is -1.99. The van der Waals surface area contributed by atoms with E-state index in [1.54, 1.807) is 31.2 Å². The second kappa shape index (κ2) is 8.25. The number of hydrazone groups is 1. The lowest BCUT2D eigenvalue weighted by Gasteiger charge is -2.03. The van der Waals surface area contributed by atoms with Crippen LogP contribution in [0.15, 0.2) is 47.6 Å². The van der Waals surface area contributed by atoms with Crippen molar-refractivity contribution in [2.24, 2.45) is 5.10 Å². The minimum Gasteiger partial charge on any atom is -0.272 e. The Morgan fingerprint density at radius 1 is 1.14 bits per heavy atom. The van der Waals surface area contributed by atoms with Gasteiger partial charge in [0.05, 0.1) is 39.1 Å². The summed E-state index contributed by atoms with van der Waals surface area (Å²) >= 11 is 12.4. The summed E-state index contributed by atoms with van der Waals surface area (Å²) < 4.78 is 1.48. The van der Waals surface area contributed by atoms with Crippen molar-refractivity contribution in [3.8, 4) is 5.69 Å². The number of nitro groups is 2. The van der Waals surface area contributed by atoms with Gasteiger partial charge in [-0.1, -0.05) is 29.3 Å². The maximum absolute atomic E-state index is 11.2. The number of benzene rings is 2. The van der Waals surface area contributed by atoms with Gasteiger partial charge in [-0.15, -0.1) is 0 Å². The fourth-order valence-electron chi connectivity index (χ4n) is 2.48. The summed E-state index contributed by atoms with van der Waals surface area (Å²) in [6.45, 7) is 1.72. The van der Waals surface area contributed by atoms with Crippen LogP contribution in [0.1, 0.15) is 11.3 Å². The molecule has 0 saturated carbocycles.